The lowest BCUT2D eigenvalue weighted by atomic mass is 10.1. The zero-order valence-corrected chi connectivity index (χ0v) is 22.5. The van der Waals surface area contributed by atoms with E-state index in [1.807, 2.05) is 0 Å². The van der Waals surface area contributed by atoms with Crippen molar-refractivity contribution in [2.75, 3.05) is 24.5 Å². The number of sulfonamides is 1. The van der Waals surface area contributed by atoms with Crippen LogP contribution in [0.3, 0.4) is 0 Å². The summed E-state index contributed by atoms with van der Waals surface area (Å²) in [5, 5.41) is 3.21. The van der Waals surface area contributed by atoms with Crippen LogP contribution in [-0.2, 0) is 26.2 Å². The molecule has 0 aromatic heterocycles. The molecular formula is C27H30ClN3O5S. The second-order valence-electron chi connectivity index (χ2n) is 8.25. The number of carbonyl (C=O) groups is 2. The Morgan fingerprint density at radius 1 is 1.00 bits per heavy atom. The average Bonchev–Trinajstić information content (AvgIpc) is 2.90. The Morgan fingerprint density at radius 3 is 2.35 bits per heavy atom. The van der Waals surface area contributed by atoms with E-state index in [0.717, 1.165) is 4.31 Å². The third kappa shape index (κ3) is 7.02. The number of benzene rings is 3. The first-order chi connectivity index (χ1) is 17.7. The zero-order valence-electron chi connectivity index (χ0n) is 20.9. The zero-order chi connectivity index (χ0) is 27.0. The predicted molar refractivity (Wildman–Crippen MR) is 144 cm³/mol. The SMILES string of the molecule is CCNC(=O)[C@H](C)N(Cc1cccc(Cl)c1)C(=O)CN(c1cccc(OC)c1)S(=O)(=O)c1ccccc1. The van der Waals surface area contributed by atoms with Gasteiger partial charge in [0.2, 0.25) is 11.8 Å². The number of methoxy groups -OCH3 is 1. The second-order valence-corrected chi connectivity index (χ2v) is 10.5. The van der Waals surface area contributed by atoms with Gasteiger partial charge in [-0.25, -0.2) is 8.42 Å². The summed E-state index contributed by atoms with van der Waals surface area (Å²) in [5.41, 5.74) is 0.959. The predicted octanol–water partition coefficient (Wildman–Crippen LogP) is 4.10. The molecule has 0 aliphatic carbocycles. The van der Waals surface area contributed by atoms with Crippen molar-refractivity contribution in [2.45, 2.75) is 31.3 Å². The third-order valence-electron chi connectivity index (χ3n) is 5.71. The van der Waals surface area contributed by atoms with Crippen molar-refractivity contribution in [1.29, 1.82) is 0 Å². The maximum Gasteiger partial charge on any atom is 0.264 e. The summed E-state index contributed by atoms with van der Waals surface area (Å²) in [6.45, 7) is 3.31. The van der Waals surface area contributed by atoms with Crippen molar-refractivity contribution < 1.29 is 22.7 Å². The molecule has 2 amide bonds. The number of rotatable bonds is 11. The van der Waals surface area contributed by atoms with Crippen molar-refractivity contribution in [3.8, 4) is 5.75 Å². The number of nitrogens with one attached hydrogen (secondary N) is 1. The van der Waals surface area contributed by atoms with E-state index in [9.17, 15) is 18.0 Å². The minimum absolute atomic E-state index is 0.0313. The van der Waals surface area contributed by atoms with E-state index in [2.05, 4.69) is 5.32 Å². The highest BCUT2D eigenvalue weighted by Gasteiger charge is 2.32. The van der Waals surface area contributed by atoms with Crippen LogP contribution in [0.15, 0.2) is 83.8 Å². The number of hydrogen-bond donors (Lipinski definition) is 1. The second kappa shape index (κ2) is 12.6. The number of anilines is 1. The van der Waals surface area contributed by atoms with Gasteiger partial charge in [0.15, 0.2) is 0 Å². The number of carbonyl (C=O) groups excluding carboxylic acids is 2. The fraction of sp³-hybridized carbons (Fsp3) is 0.259. The number of halogens is 1. The van der Waals surface area contributed by atoms with Crippen molar-refractivity contribution >= 4 is 39.1 Å². The van der Waals surface area contributed by atoms with Crippen LogP contribution in [0.4, 0.5) is 5.69 Å². The Balaban J connectivity index is 2.04. The molecule has 0 radical (unpaired) electrons. The molecule has 0 bridgehead atoms. The average molecular weight is 544 g/mol. The summed E-state index contributed by atoms with van der Waals surface area (Å²) in [7, 11) is -2.66. The third-order valence-corrected chi connectivity index (χ3v) is 7.73. The molecule has 37 heavy (non-hydrogen) atoms. The van der Waals surface area contributed by atoms with Gasteiger partial charge in [-0.1, -0.05) is 48.0 Å². The van der Waals surface area contributed by atoms with Gasteiger partial charge in [-0.3, -0.25) is 13.9 Å². The Labute approximate surface area is 222 Å². The van der Waals surface area contributed by atoms with Crippen LogP contribution in [0.2, 0.25) is 5.02 Å². The maximum absolute atomic E-state index is 13.8. The van der Waals surface area contributed by atoms with Gasteiger partial charge in [0.1, 0.15) is 18.3 Å². The van der Waals surface area contributed by atoms with E-state index in [4.69, 9.17) is 16.3 Å². The molecule has 0 aliphatic rings. The first-order valence-electron chi connectivity index (χ1n) is 11.7. The number of likely N-dealkylation sites (N-methyl/N-ethyl adjacent to an activating group) is 1. The largest absolute Gasteiger partial charge is 0.497 e. The monoisotopic (exact) mass is 543 g/mol. The van der Waals surface area contributed by atoms with Gasteiger partial charge in [0.25, 0.3) is 10.0 Å². The molecule has 3 aromatic rings. The number of nitrogens with zero attached hydrogens (tertiary/aromatic N) is 2. The summed E-state index contributed by atoms with van der Waals surface area (Å²) < 4.78 is 33.7. The Kier molecular flexibility index (Phi) is 9.54. The molecular weight excluding hydrogens is 514 g/mol. The van der Waals surface area contributed by atoms with Gasteiger partial charge in [0.05, 0.1) is 17.7 Å². The molecule has 196 valence electrons. The topological polar surface area (TPSA) is 96.0 Å². The van der Waals surface area contributed by atoms with Crippen LogP contribution < -0.4 is 14.4 Å². The Morgan fingerprint density at radius 2 is 1.70 bits per heavy atom. The molecule has 0 saturated carbocycles. The Bertz CT molecular complexity index is 1330. The highest BCUT2D eigenvalue weighted by atomic mass is 35.5. The molecule has 3 aromatic carbocycles. The Hall–Kier alpha value is -3.56. The lowest BCUT2D eigenvalue weighted by Gasteiger charge is -2.32. The van der Waals surface area contributed by atoms with Crippen molar-refractivity contribution in [3.63, 3.8) is 0 Å². The molecule has 0 heterocycles. The number of ether oxygens (including phenoxy) is 1. The van der Waals surface area contributed by atoms with Crippen LogP contribution in [0, 0.1) is 0 Å². The molecule has 1 N–H and O–H groups in total. The van der Waals surface area contributed by atoms with Crippen LogP contribution >= 0.6 is 11.6 Å². The summed E-state index contributed by atoms with van der Waals surface area (Å²) >= 11 is 6.14. The lowest BCUT2D eigenvalue weighted by Crippen LogP contribution is -2.51. The van der Waals surface area contributed by atoms with Crippen LogP contribution in [0.5, 0.6) is 5.75 Å². The minimum atomic E-state index is -4.13. The van der Waals surface area contributed by atoms with Crippen LogP contribution in [0.1, 0.15) is 19.4 Å². The molecule has 0 aliphatic heterocycles. The molecule has 0 saturated heterocycles. The number of hydrogen-bond acceptors (Lipinski definition) is 5. The highest BCUT2D eigenvalue weighted by Crippen LogP contribution is 2.27. The first kappa shape index (κ1) is 28.0. The van der Waals surface area contributed by atoms with Crippen LogP contribution in [0.25, 0.3) is 0 Å². The molecule has 8 nitrogen and oxygen atoms in total. The van der Waals surface area contributed by atoms with Crippen molar-refractivity contribution in [1.82, 2.24) is 10.2 Å². The number of amides is 2. The highest BCUT2D eigenvalue weighted by molar-refractivity contribution is 7.92. The lowest BCUT2D eigenvalue weighted by molar-refractivity contribution is -0.139. The van der Waals surface area contributed by atoms with Gasteiger partial charge in [-0.2, -0.15) is 0 Å². The molecule has 10 heteroatoms. The van der Waals surface area contributed by atoms with Gasteiger partial charge in [0, 0.05) is 24.2 Å². The fourth-order valence-electron chi connectivity index (χ4n) is 3.75. The minimum Gasteiger partial charge on any atom is -0.497 e. The standard InChI is InChI=1S/C27H30ClN3O5S/c1-4-29-27(33)20(2)30(18-21-10-8-11-22(28)16-21)26(32)19-31(23-12-9-13-24(17-23)36-3)37(34,35)25-14-6-5-7-15-25/h5-17,20H,4,18-19H2,1-3H3,(H,29,33)/t20-/m0/s1. The summed E-state index contributed by atoms with van der Waals surface area (Å²) in [6, 6.07) is 20.4. The fourth-order valence-corrected chi connectivity index (χ4v) is 5.39. The van der Waals surface area contributed by atoms with E-state index in [-0.39, 0.29) is 23.0 Å². The maximum atomic E-state index is 13.8. The van der Waals surface area contributed by atoms with Gasteiger partial charge >= 0.3 is 0 Å². The van der Waals surface area contributed by atoms with Gasteiger partial charge < -0.3 is 15.0 Å². The quantitative estimate of drug-likeness (QED) is 0.393. The van der Waals surface area contributed by atoms with Crippen molar-refractivity contribution in [2.24, 2.45) is 0 Å². The molecule has 1 atom stereocenters. The van der Waals surface area contributed by atoms with Crippen LogP contribution in [-0.4, -0.2) is 51.4 Å². The van der Waals surface area contributed by atoms with E-state index >= 15 is 0 Å². The molecule has 3 rings (SSSR count). The van der Waals surface area contributed by atoms with E-state index < -0.39 is 28.5 Å². The smallest absolute Gasteiger partial charge is 0.264 e. The normalized spacial score (nSPS) is 11.9. The molecule has 0 spiro atoms. The molecule has 0 unspecified atom stereocenters. The van der Waals surface area contributed by atoms with E-state index in [1.165, 1.54) is 24.1 Å². The van der Waals surface area contributed by atoms with E-state index in [0.29, 0.717) is 22.9 Å². The summed E-state index contributed by atoms with van der Waals surface area (Å²) in [5.74, 6) is -0.470. The molecule has 0 fully saturated rings. The van der Waals surface area contributed by atoms with Crippen molar-refractivity contribution in [3.05, 3.63) is 89.4 Å². The van der Waals surface area contributed by atoms with Gasteiger partial charge in [-0.15, -0.1) is 0 Å². The summed E-state index contributed by atoms with van der Waals surface area (Å²) in [6.07, 6.45) is 0. The first-order valence-corrected chi connectivity index (χ1v) is 13.5. The van der Waals surface area contributed by atoms with Gasteiger partial charge in [-0.05, 0) is 55.8 Å². The van der Waals surface area contributed by atoms with E-state index in [1.54, 1.807) is 80.6 Å². The summed E-state index contributed by atoms with van der Waals surface area (Å²) in [4.78, 5) is 27.9.